The third-order valence-corrected chi connectivity index (χ3v) is 5.88. The van der Waals surface area contributed by atoms with E-state index in [1.807, 2.05) is 38.3 Å². The minimum absolute atomic E-state index is 0.300. The second-order valence-electron chi connectivity index (χ2n) is 8.31. The molecule has 0 radical (unpaired) electrons. The van der Waals surface area contributed by atoms with Gasteiger partial charge in [0.2, 0.25) is 0 Å². The van der Waals surface area contributed by atoms with Gasteiger partial charge in [0, 0.05) is 34.8 Å². The van der Waals surface area contributed by atoms with Crippen molar-refractivity contribution in [2.24, 2.45) is 0 Å². The number of H-pyrrole nitrogens is 1. The highest BCUT2D eigenvalue weighted by atomic mass is 19.1. The lowest BCUT2D eigenvalue weighted by Crippen LogP contribution is -2.43. The summed E-state index contributed by atoms with van der Waals surface area (Å²) in [5, 5.41) is 22.6. The van der Waals surface area contributed by atoms with Crippen molar-refractivity contribution in [3.63, 3.8) is 0 Å². The number of nitrogens with zero attached hydrogens (tertiary/aromatic N) is 4. The summed E-state index contributed by atoms with van der Waals surface area (Å²) in [5.41, 5.74) is 4.63. The van der Waals surface area contributed by atoms with E-state index in [1.165, 1.54) is 0 Å². The maximum atomic E-state index is 15.6. The lowest BCUT2D eigenvalue weighted by atomic mass is 9.92. The second kappa shape index (κ2) is 6.17. The van der Waals surface area contributed by atoms with E-state index >= 15 is 4.39 Å². The number of halogens is 1. The number of rotatable bonds is 1. The predicted octanol–water partition coefficient (Wildman–Crippen LogP) is 4.68. The largest absolute Gasteiger partial charge is 0.374 e. The molecule has 2 aliphatic rings. The van der Waals surface area contributed by atoms with Gasteiger partial charge in [0.1, 0.15) is 11.7 Å². The Morgan fingerprint density at radius 1 is 1.23 bits per heavy atom. The molecule has 0 bridgehead atoms. The van der Waals surface area contributed by atoms with Crippen LogP contribution in [-0.2, 0) is 5.54 Å². The van der Waals surface area contributed by atoms with Gasteiger partial charge in [-0.05, 0) is 63.1 Å². The van der Waals surface area contributed by atoms with Crippen LogP contribution in [0.2, 0.25) is 0 Å². The fourth-order valence-electron chi connectivity index (χ4n) is 4.56. The van der Waals surface area contributed by atoms with E-state index in [4.69, 9.17) is 0 Å². The van der Waals surface area contributed by atoms with Gasteiger partial charge in [0.15, 0.2) is 5.82 Å². The van der Waals surface area contributed by atoms with Crippen LogP contribution < -0.4 is 5.32 Å². The molecule has 6 nitrogen and oxygen atoms in total. The highest BCUT2D eigenvalue weighted by molar-refractivity contribution is 6.01. The van der Waals surface area contributed by atoms with Crippen molar-refractivity contribution < 1.29 is 4.39 Å². The summed E-state index contributed by atoms with van der Waals surface area (Å²) in [6.45, 7) is 7.91. The van der Waals surface area contributed by atoms with Gasteiger partial charge in [0.05, 0.1) is 22.9 Å². The Bertz CT molecular complexity index is 1360. The predicted molar refractivity (Wildman–Crippen MR) is 114 cm³/mol. The van der Waals surface area contributed by atoms with E-state index in [1.54, 1.807) is 24.4 Å². The molecule has 5 rings (SSSR count). The van der Waals surface area contributed by atoms with E-state index in [9.17, 15) is 5.26 Å². The number of hydrogen-bond donors (Lipinski definition) is 2. The number of benzene rings is 1. The standard InChI is InChI=1S/C23H21FN6/c1-12-20(16-9-14(11-25)10-19-15(16)7-8-26-19)17(24)5-6-18-21(12)30-13(2)28-29-22(30)23(3,4)27-18/h5,7-10,26-27H,6H2,1-4H3. The summed E-state index contributed by atoms with van der Waals surface area (Å²) >= 11 is 0. The summed E-state index contributed by atoms with van der Waals surface area (Å²) in [7, 11) is 0. The molecule has 3 aromatic rings. The van der Waals surface area contributed by atoms with Crippen LogP contribution in [0.5, 0.6) is 0 Å². The Kier molecular flexibility index (Phi) is 3.78. The Labute approximate surface area is 173 Å². The van der Waals surface area contributed by atoms with Crippen molar-refractivity contribution in [1.29, 1.82) is 5.26 Å². The molecule has 0 fully saturated rings. The highest BCUT2D eigenvalue weighted by Crippen LogP contribution is 2.43. The molecule has 1 aliphatic carbocycles. The minimum Gasteiger partial charge on any atom is -0.374 e. The Balaban J connectivity index is 1.85. The zero-order valence-corrected chi connectivity index (χ0v) is 17.3. The van der Waals surface area contributed by atoms with Crippen LogP contribution in [0, 0.1) is 18.3 Å². The highest BCUT2D eigenvalue weighted by Gasteiger charge is 2.37. The van der Waals surface area contributed by atoms with Crippen LogP contribution in [0.4, 0.5) is 4.39 Å². The Hall–Kier alpha value is -3.66. The van der Waals surface area contributed by atoms with Gasteiger partial charge >= 0.3 is 0 Å². The molecular weight excluding hydrogens is 379 g/mol. The van der Waals surface area contributed by atoms with E-state index in [2.05, 4.69) is 26.6 Å². The number of allylic oxidation sites excluding steroid dienone is 5. The lowest BCUT2D eigenvalue weighted by Gasteiger charge is -2.35. The van der Waals surface area contributed by atoms with Gasteiger partial charge in [-0.25, -0.2) is 4.39 Å². The molecule has 1 aromatic carbocycles. The van der Waals surface area contributed by atoms with E-state index in [0.717, 1.165) is 39.5 Å². The van der Waals surface area contributed by atoms with Crippen LogP contribution >= 0.6 is 0 Å². The molecule has 150 valence electrons. The molecule has 3 heterocycles. The van der Waals surface area contributed by atoms with Crippen LogP contribution in [0.15, 0.2) is 47.6 Å². The first kappa shape index (κ1) is 18.4. The molecule has 7 heteroatoms. The Morgan fingerprint density at radius 2 is 2.03 bits per heavy atom. The van der Waals surface area contributed by atoms with Crippen molar-refractivity contribution in [3.05, 3.63) is 70.3 Å². The minimum atomic E-state index is -0.427. The number of aryl methyl sites for hydroxylation is 1. The molecule has 2 N–H and O–H groups in total. The number of hydrogen-bond acceptors (Lipinski definition) is 4. The van der Waals surface area contributed by atoms with Gasteiger partial charge < -0.3 is 10.3 Å². The molecular formula is C23H21FN6. The maximum Gasteiger partial charge on any atom is 0.162 e. The number of nitriles is 1. The summed E-state index contributed by atoms with van der Waals surface area (Å²) in [6.07, 6.45) is 3.84. The summed E-state index contributed by atoms with van der Waals surface area (Å²) in [6, 6.07) is 7.64. The van der Waals surface area contributed by atoms with Gasteiger partial charge in [-0.3, -0.25) is 4.57 Å². The fourth-order valence-corrected chi connectivity index (χ4v) is 4.56. The van der Waals surface area contributed by atoms with Crippen molar-refractivity contribution >= 4 is 22.2 Å². The van der Waals surface area contributed by atoms with Crippen molar-refractivity contribution in [2.45, 2.75) is 39.7 Å². The van der Waals surface area contributed by atoms with E-state index in [-0.39, 0.29) is 5.83 Å². The van der Waals surface area contributed by atoms with Crippen LogP contribution in [0.25, 0.3) is 22.2 Å². The van der Waals surface area contributed by atoms with Crippen LogP contribution in [-0.4, -0.2) is 19.7 Å². The van der Waals surface area contributed by atoms with Gasteiger partial charge in [-0.1, -0.05) is 0 Å². The number of nitrogens with one attached hydrogen (secondary N) is 2. The average molecular weight is 400 g/mol. The van der Waals surface area contributed by atoms with Crippen molar-refractivity contribution in [1.82, 2.24) is 25.1 Å². The molecule has 1 aliphatic heterocycles. The smallest absolute Gasteiger partial charge is 0.162 e. The van der Waals surface area contributed by atoms with Crippen LogP contribution in [0.3, 0.4) is 0 Å². The third kappa shape index (κ3) is 2.47. The normalized spacial score (nSPS) is 17.8. The first-order valence-corrected chi connectivity index (χ1v) is 9.85. The van der Waals surface area contributed by atoms with Crippen LogP contribution in [0.1, 0.15) is 50.0 Å². The lowest BCUT2D eigenvalue weighted by molar-refractivity contribution is 0.396. The first-order valence-electron chi connectivity index (χ1n) is 9.85. The number of fused-ring (bicyclic) bond motifs is 3. The van der Waals surface area contributed by atoms with Crippen molar-refractivity contribution in [2.75, 3.05) is 0 Å². The molecule has 0 unspecified atom stereocenters. The average Bonchev–Trinajstić information content (AvgIpc) is 3.30. The molecule has 0 atom stereocenters. The SMILES string of the molecule is CC1=C(c2cc(C#N)cc3[nH]ccc23)C(F)=CCC2=C1n1c(C)nnc1C(C)(C)N2. The quantitative estimate of drug-likeness (QED) is 0.621. The first-order chi connectivity index (χ1) is 14.3. The van der Waals surface area contributed by atoms with Crippen molar-refractivity contribution in [3.8, 4) is 6.07 Å². The number of aromatic amines is 1. The monoisotopic (exact) mass is 400 g/mol. The van der Waals surface area contributed by atoms with Gasteiger partial charge in [-0.15, -0.1) is 10.2 Å². The van der Waals surface area contributed by atoms with E-state index < -0.39 is 5.54 Å². The van der Waals surface area contributed by atoms with Gasteiger partial charge in [-0.2, -0.15) is 5.26 Å². The molecule has 30 heavy (non-hydrogen) atoms. The summed E-state index contributed by atoms with van der Waals surface area (Å²) < 4.78 is 17.6. The maximum absolute atomic E-state index is 15.6. The number of aromatic nitrogens is 4. The van der Waals surface area contributed by atoms with E-state index in [0.29, 0.717) is 23.1 Å². The zero-order chi connectivity index (χ0) is 21.2. The van der Waals surface area contributed by atoms with Gasteiger partial charge in [0.25, 0.3) is 0 Å². The third-order valence-electron chi connectivity index (χ3n) is 5.88. The Morgan fingerprint density at radius 3 is 2.80 bits per heavy atom. The fraction of sp³-hybridized carbons (Fsp3) is 0.261. The zero-order valence-electron chi connectivity index (χ0n) is 17.3. The molecule has 0 saturated heterocycles. The topological polar surface area (TPSA) is 82.3 Å². The molecule has 0 saturated carbocycles. The molecule has 2 aromatic heterocycles. The molecule has 0 spiro atoms. The molecule has 0 amide bonds. The second-order valence-corrected chi connectivity index (χ2v) is 8.31. The summed E-state index contributed by atoms with van der Waals surface area (Å²) in [5.74, 6) is 1.24. The summed E-state index contributed by atoms with van der Waals surface area (Å²) in [4.78, 5) is 3.14.